The zero-order valence-corrected chi connectivity index (χ0v) is 15.8. The second kappa shape index (κ2) is 9.37. The molecule has 0 atom stereocenters. The van der Waals surface area contributed by atoms with Crippen molar-refractivity contribution < 1.29 is 23.7 Å². The van der Waals surface area contributed by atoms with Gasteiger partial charge in [-0.05, 0) is 19.1 Å². The zero-order chi connectivity index (χ0) is 19.8. The number of ether oxygens (including phenoxy) is 4. The van der Waals surface area contributed by atoms with Crippen LogP contribution in [0.5, 0.6) is 17.2 Å². The smallest absolute Gasteiger partial charge is 0.411 e. The van der Waals surface area contributed by atoms with E-state index in [-0.39, 0.29) is 12.4 Å². The van der Waals surface area contributed by atoms with E-state index in [0.717, 1.165) is 5.56 Å². The molecule has 0 radical (unpaired) electrons. The molecule has 2 rings (SSSR count). The predicted molar refractivity (Wildman–Crippen MR) is 103 cm³/mol. The Bertz CT molecular complexity index is 772. The van der Waals surface area contributed by atoms with E-state index in [4.69, 9.17) is 24.7 Å². The molecule has 1 aromatic heterocycles. The third-order valence-corrected chi connectivity index (χ3v) is 3.70. The minimum absolute atomic E-state index is 0.168. The summed E-state index contributed by atoms with van der Waals surface area (Å²) in [4.78, 5) is 15.7. The van der Waals surface area contributed by atoms with E-state index in [1.165, 1.54) is 0 Å². The molecule has 0 aliphatic rings. The lowest BCUT2D eigenvalue weighted by atomic mass is 10.1. The van der Waals surface area contributed by atoms with Crippen molar-refractivity contribution >= 4 is 23.4 Å². The summed E-state index contributed by atoms with van der Waals surface area (Å²) in [5.41, 5.74) is 7.07. The van der Waals surface area contributed by atoms with Crippen LogP contribution in [0.15, 0.2) is 24.3 Å². The molecule has 146 valence electrons. The van der Waals surface area contributed by atoms with E-state index in [0.29, 0.717) is 35.3 Å². The number of hydrogen-bond acceptors (Lipinski definition) is 8. The molecule has 9 heteroatoms. The summed E-state index contributed by atoms with van der Waals surface area (Å²) in [5.74, 6) is 2.56. The highest BCUT2D eigenvalue weighted by molar-refractivity contribution is 5.88. The van der Waals surface area contributed by atoms with E-state index in [1.807, 2.05) is 0 Å². The molecule has 4 N–H and O–H groups in total. The van der Waals surface area contributed by atoms with Gasteiger partial charge >= 0.3 is 6.09 Å². The normalized spacial score (nSPS) is 10.1. The summed E-state index contributed by atoms with van der Waals surface area (Å²) in [5, 5.41) is 5.69. The molecule has 0 fully saturated rings. The largest absolute Gasteiger partial charge is 0.496 e. The summed E-state index contributed by atoms with van der Waals surface area (Å²) in [6.07, 6.45) is -0.584. The molecule has 0 unspecified atom stereocenters. The van der Waals surface area contributed by atoms with E-state index in [2.05, 4.69) is 15.6 Å². The molecule has 27 heavy (non-hydrogen) atoms. The number of methoxy groups -OCH3 is 3. The van der Waals surface area contributed by atoms with Gasteiger partial charge in [0.2, 0.25) is 0 Å². The Balaban J connectivity index is 2.15. The zero-order valence-electron chi connectivity index (χ0n) is 15.8. The molecule has 1 amide bonds. The first-order chi connectivity index (χ1) is 13.0. The molecular weight excluding hydrogens is 352 g/mol. The van der Waals surface area contributed by atoms with Crippen molar-refractivity contribution in [3.8, 4) is 17.2 Å². The highest BCUT2D eigenvalue weighted by Crippen LogP contribution is 2.34. The number of carbonyl (C=O) groups excluding carboxylic acids is 1. The number of benzene rings is 1. The fourth-order valence-corrected chi connectivity index (χ4v) is 2.39. The number of rotatable bonds is 8. The van der Waals surface area contributed by atoms with Crippen molar-refractivity contribution in [3.63, 3.8) is 0 Å². The maximum atomic E-state index is 11.5. The first kappa shape index (κ1) is 20.0. The molecule has 0 saturated heterocycles. The highest BCUT2D eigenvalue weighted by atomic mass is 16.5. The summed E-state index contributed by atoms with van der Waals surface area (Å²) < 4.78 is 20.9. The third kappa shape index (κ3) is 5.06. The van der Waals surface area contributed by atoms with E-state index in [1.54, 1.807) is 52.5 Å². The average molecular weight is 376 g/mol. The standard InChI is InChI=1S/C18H24N4O5/c1-5-27-18(23)21-13-6-7-16(22-17(13)19)20-10-12-14(25-3)8-11(24-2)9-15(12)26-4/h6-9H,5,10H2,1-4H3,(H,21,23)(H3,19,20,22). The van der Waals surface area contributed by atoms with Gasteiger partial charge < -0.3 is 30.0 Å². The second-order valence-electron chi connectivity index (χ2n) is 5.34. The minimum Gasteiger partial charge on any atom is -0.496 e. The number of pyridine rings is 1. The van der Waals surface area contributed by atoms with Gasteiger partial charge in [0.25, 0.3) is 0 Å². The van der Waals surface area contributed by atoms with Gasteiger partial charge in [-0.1, -0.05) is 0 Å². The Morgan fingerprint density at radius 1 is 1.11 bits per heavy atom. The van der Waals surface area contributed by atoms with Crippen molar-refractivity contribution in [3.05, 3.63) is 29.8 Å². The number of anilines is 3. The van der Waals surface area contributed by atoms with Crippen LogP contribution in [0.1, 0.15) is 12.5 Å². The maximum Gasteiger partial charge on any atom is 0.411 e. The van der Waals surface area contributed by atoms with Gasteiger partial charge in [-0.3, -0.25) is 5.32 Å². The Labute approximate surface area is 157 Å². The topological polar surface area (TPSA) is 117 Å². The predicted octanol–water partition coefficient (Wildman–Crippen LogP) is 2.87. The van der Waals surface area contributed by atoms with Gasteiger partial charge in [0, 0.05) is 18.7 Å². The van der Waals surface area contributed by atoms with Crippen LogP contribution < -0.4 is 30.6 Å². The lowest BCUT2D eigenvalue weighted by Gasteiger charge is -2.16. The van der Waals surface area contributed by atoms with Crippen molar-refractivity contribution in [2.75, 3.05) is 44.3 Å². The van der Waals surface area contributed by atoms with Gasteiger partial charge in [-0.15, -0.1) is 0 Å². The number of nitrogens with zero attached hydrogens (tertiary/aromatic N) is 1. The van der Waals surface area contributed by atoms with Crippen molar-refractivity contribution in [2.24, 2.45) is 0 Å². The SMILES string of the molecule is CCOC(=O)Nc1ccc(NCc2c(OC)cc(OC)cc2OC)nc1N. The maximum absolute atomic E-state index is 11.5. The molecule has 9 nitrogen and oxygen atoms in total. The molecule has 1 aromatic carbocycles. The molecule has 0 saturated carbocycles. The molecule has 1 heterocycles. The van der Waals surface area contributed by atoms with Gasteiger partial charge in [0.1, 0.15) is 28.9 Å². The molecule has 0 bridgehead atoms. The van der Waals surface area contributed by atoms with E-state index < -0.39 is 6.09 Å². The number of amides is 1. The van der Waals surface area contributed by atoms with E-state index >= 15 is 0 Å². The summed E-state index contributed by atoms with van der Waals surface area (Å²) in [7, 11) is 4.72. The summed E-state index contributed by atoms with van der Waals surface area (Å²) >= 11 is 0. The molecule has 0 spiro atoms. The van der Waals surface area contributed by atoms with Crippen LogP contribution in [0, 0.1) is 0 Å². The van der Waals surface area contributed by atoms with Crippen LogP contribution in [-0.2, 0) is 11.3 Å². The number of nitrogens with two attached hydrogens (primary N) is 1. The quantitative estimate of drug-likeness (QED) is 0.644. The molecule has 0 aliphatic carbocycles. The monoisotopic (exact) mass is 376 g/mol. The minimum atomic E-state index is -0.584. The van der Waals surface area contributed by atoms with Crippen LogP contribution >= 0.6 is 0 Å². The number of nitrogen functional groups attached to an aromatic ring is 1. The average Bonchev–Trinajstić information content (AvgIpc) is 2.67. The Kier molecular flexibility index (Phi) is 6.93. The van der Waals surface area contributed by atoms with Crippen LogP contribution in [0.4, 0.5) is 22.1 Å². The van der Waals surface area contributed by atoms with Crippen LogP contribution in [-0.4, -0.2) is 39.0 Å². The van der Waals surface area contributed by atoms with Gasteiger partial charge in [-0.25, -0.2) is 9.78 Å². The number of nitrogens with one attached hydrogen (secondary N) is 2. The Hall–Kier alpha value is -3.36. The molecule has 2 aromatic rings. The third-order valence-electron chi connectivity index (χ3n) is 3.70. The molecular formula is C18H24N4O5. The fraction of sp³-hybridized carbons (Fsp3) is 0.333. The second-order valence-corrected chi connectivity index (χ2v) is 5.34. The van der Waals surface area contributed by atoms with Crippen molar-refractivity contribution in [1.29, 1.82) is 0 Å². The van der Waals surface area contributed by atoms with Crippen molar-refractivity contribution in [1.82, 2.24) is 4.98 Å². The first-order valence-electron chi connectivity index (χ1n) is 8.25. The first-order valence-corrected chi connectivity index (χ1v) is 8.25. The lowest BCUT2D eigenvalue weighted by Crippen LogP contribution is -2.15. The van der Waals surface area contributed by atoms with Gasteiger partial charge in [0.05, 0.1) is 39.2 Å². The number of aromatic nitrogens is 1. The Morgan fingerprint density at radius 3 is 2.30 bits per heavy atom. The highest BCUT2D eigenvalue weighted by Gasteiger charge is 2.14. The summed E-state index contributed by atoms with van der Waals surface area (Å²) in [6, 6.07) is 6.88. The lowest BCUT2D eigenvalue weighted by molar-refractivity contribution is 0.168. The van der Waals surface area contributed by atoms with Crippen LogP contribution in [0.3, 0.4) is 0 Å². The van der Waals surface area contributed by atoms with Gasteiger partial charge in [0.15, 0.2) is 0 Å². The molecule has 0 aliphatic heterocycles. The van der Waals surface area contributed by atoms with Crippen LogP contribution in [0.2, 0.25) is 0 Å². The number of hydrogen-bond donors (Lipinski definition) is 3. The Morgan fingerprint density at radius 2 is 1.78 bits per heavy atom. The van der Waals surface area contributed by atoms with Crippen molar-refractivity contribution in [2.45, 2.75) is 13.5 Å². The fourth-order valence-electron chi connectivity index (χ4n) is 2.39. The number of carbonyl (C=O) groups is 1. The summed E-state index contributed by atoms with van der Waals surface area (Å²) in [6.45, 7) is 2.37. The van der Waals surface area contributed by atoms with Gasteiger partial charge in [-0.2, -0.15) is 0 Å². The van der Waals surface area contributed by atoms with E-state index in [9.17, 15) is 4.79 Å². The van der Waals surface area contributed by atoms with Crippen LogP contribution in [0.25, 0.3) is 0 Å².